The average Bonchev–Trinajstić information content (AvgIpc) is 2.28. The quantitative estimate of drug-likeness (QED) is 0.880. The van der Waals surface area contributed by atoms with Crippen molar-refractivity contribution in [2.24, 2.45) is 0 Å². The third kappa shape index (κ3) is 2.33. The molecule has 4 heteroatoms. The molecule has 0 saturated heterocycles. The topological polar surface area (TPSA) is 29.1 Å². The van der Waals surface area contributed by atoms with E-state index in [1.807, 2.05) is 0 Å². The Morgan fingerprint density at radius 1 is 1.56 bits per heavy atom. The highest BCUT2D eigenvalue weighted by molar-refractivity contribution is 7.85. The van der Waals surface area contributed by atoms with E-state index >= 15 is 0 Å². The van der Waals surface area contributed by atoms with Gasteiger partial charge in [-0.05, 0) is 43.1 Å². The second kappa shape index (κ2) is 5.06. The Labute approximate surface area is 97.7 Å². The zero-order chi connectivity index (χ0) is 11.5. The van der Waals surface area contributed by atoms with Crippen LogP contribution in [0.5, 0.6) is 0 Å². The summed E-state index contributed by atoms with van der Waals surface area (Å²) < 4.78 is 25.0. The van der Waals surface area contributed by atoms with Gasteiger partial charge in [-0.3, -0.25) is 4.21 Å². The maximum Gasteiger partial charge on any atom is 0.123 e. The van der Waals surface area contributed by atoms with Crippen molar-refractivity contribution in [3.63, 3.8) is 0 Å². The first-order valence-corrected chi connectivity index (χ1v) is 6.95. The summed E-state index contributed by atoms with van der Waals surface area (Å²) in [6.07, 6.45) is 1.87. The summed E-state index contributed by atoms with van der Waals surface area (Å²) in [5, 5.41) is 3.37. The third-order valence-corrected chi connectivity index (χ3v) is 4.29. The zero-order valence-corrected chi connectivity index (χ0v) is 10.1. The Morgan fingerprint density at radius 3 is 3.12 bits per heavy atom. The Hall–Kier alpha value is -0.740. The van der Waals surface area contributed by atoms with Gasteiger partial charge in [-0.1, -0.05) is 6.92 Å². The summed E-state index contributed by atoms with van der Waals surface area (Å²) in [4.78, 5) is 0.793. The van der Waals surface area contributed by atoms with E-state index < -0.39 is 10.8 Å². The zero-order valence-electron chi connectivity index (χ0n) is 9.33. The molecule has 88 valence electrons. The van der Waals surface area contributed by atoms with Gasteiger partial charge in [0.1, 0.15) is 5.82 Å². The van der Waals surface area contributed by atoms with E-state index in [2.05, 4.69) is 12.2 Å². The molecule has 2 rings (SSSR count). The molecular weight excluding hydrogens is 225 g/mol. The Morgan fingerprint density at radius 2 is 2.38 bits per heavy atom. The molecule has 0 aromatic heterocycles. The predicted molar refractivity (Wildman–Crippen MR) is 63.3 cm³/mol. The minimum atomic E-state index is -0.956. The van der Waals surface area contributed by atoms with Gasteiger partial charge in [-0.25, -0.2) is 4.39 Å². The van der Waals surface area contributed by atoms with E-state index in [1.54, 1.807) is 6.07 Å². The number of hydrogen-bond acceptors (Lipinski definition) is 2. The molecule has 0 radical (unpaired) electrons. The van der Waals surface area contributed by atoms with Crippen molar-refractivity contribution >= 4 is 10.8 Å². The van der Waals surface area contributed by atoms with Crippen molar-refractivity contribution in [1.29, 1.82) is 0 Å². The van der Waals surface area contributed by atoms with Crippen LogP contribution in [0.25, 0.3) is 0 Å². The molecule has 0 aliphatic carbocycles. The molecule has 2 nitrogen and oxygen atoms in total. The summed E-state index contributed by atoms with van der Waals surface area (Å²) in [7, 11) is -0.956. The first kappa shape index (κ1) is 11.7. The van der Waals surface area contributed by atoms with Crippen LogP contribution >= 0.6 is 0 Å². The van der Waals surface area contributed by atoms with E-state index in [1.165, 1.54) is 12.1 Å². The van der Waals surface area contributed by atoms with Crippen LogP contribution in [0.4, 0.5) is 4.39 Å². The van der Waals surface area contributed by atoms with E-state index in [4.69, 9.17) is 0 Å². The predicted octanol–water partition coefficient (Wildman–Crippen LogP) is 2.38. The summed E-state index contributed by atoms with van der Waals surface area (Å²) in [5.41, 5.74) is 0.873. The molecule has 0 amide bonds. The molecule has 0 bridgehead atoms. The Bertz CT molecular complexity index is 408. The fraction of sp³-hybridized carbons (Fsp3) is 0.500. The van der Waals surface area contributed by atoms with Gasteiger partial charge in [-0.2, -0.15) is 0 Å². The Balaban J connectivity index is 2.30. The number of hydrogen-bond donors (Lipinski definition) is 1. The molecule has 16 heavy (non-hydrogen) atoms. The van der Waals surface area contributed by atoms with Crippen molar-refractivity contribution in [1.82, 2.24) is 5.32 Å². The number of fused-ring (bicyclic) bond motifs is 1. The molecule has 0 fully saturated rings. The van der Waals surface area contributed by atoms with Crippen LogP contribution in [0.1, 0.15) is 31.4 Å². The minimum absolute atomic E-state index is 0.156. The molecule has 1 N–H and O–H groups in total. The van der Waals surface area contributed by atoms with Crippen LogP contribution in [-0.4, -0.2) is 16.5 Å². The fourth-order valence-electron chi connectivity index (χ4n) is 2.02. The van der Waals surface area contributed by atoms with Crippen molar-refractivity contribution < 1.29 is 8.60 Å². The monoisotopic (exact) mass is 241 g/mol. The summed E-state index contributed by atoms with van der Waals surface area (Å²) in [6.45, 7) is 3.01. The lowest BCUT2D eigenvalue weighted by Crippen LogP contribution is -2.28. The lowest BCUT2D eigenvalue weighted by Gasteiger charge is -2.25. The van der Waals surface area contributed by atoms with Crippen LogP contribution < -0.4 is 5.32 Å². The van der Waals surface area contributed by atoms with Gasteiger partial charge in [0.05, 0.1) is 10.8 Å². The maximum absolute atomic E-state index is 13.2. The average molecular weight is 241 g/mol. The molecular formula is C12H16FNOS. The first-order valence-electron chi connectivity index (χ1n) is 5.63. The molecule has 1 aromatic carbocycles. The normalized spacial score (nSPS) is 24.1. The highest BCUT2D eigenvalue weighted by Gasteiger charge is 2.24. The van der Waals surface area contributed by atoms with Crippen LogP contribution in [0, 0.1) is 5.82 Å². The number of nitrogens with one attached hydrogen (secondary N) is 1. The third-order valence-electron chi connectivity index (χ3n) is 2.83. The van der Waals surface area contributed by atoms with E-state index in [0.717, 1.165) is 29.8 Å². The van der Waals surface area contributed by atoms with Crippen molar-refractivity contribution in [2.45, 2.75) is 30.7 Å². The van der Waals surface area contributed by atoms with Crippen LogP contribution in [-0.2, 0) is 10.8 Å². The second-order valence-electron chi connectivity index (χ2n) is 4.03. The molecule has 1 aliphatic rings. The molecule has 1 aliphatic heterocycles. The number of rotatable bonds is 3. The molecule has 2 unspecified atom stereocenters. The standard InChI is InChI=1S/C12H16FNOS/c1-2-6-14-11-5-7-16(15)12-4-3-9(13)8-10(11)12/h3-4,8,11,14H,2,5-7H2,1H3. The number of benzene rings is 1. The van der Waals surface area contributed by atoms with Gasteiger partial charge in [0.2, 0.25) is 0 Å². The summed E-state index contributed by atoms with van der Waals surface area (Å²) in [6, 6.07) is 4.71. The summed E-state index contributed by atoms with van der Waals surface area (Å²) in [5.74, 6) is 0.418. The SMILES string of the molecule is CCCNC1CCS(=O)c2ccc(F)cc21. The Kier molecular flexibility index (Phi) is 3.71. The van der Waals surface area contributed by atoms with Crippen LogP contribution in [0.15, 0.2) is 23.1 Å². The van der Waals surface area contributed by atoms with Gasteiger partial charge >= 0.3 is 0 Å². The first-order chi connectivity index (χ1) is 7.72. The second-order valence-corrected chi connectivity index (χ2v) is 5.57. The molecule has 0 saturated carbocycles. The lowest BCUT2D eigenvalue weighted by molar-refractivity contribution is 0.499. The minimum Gasteiger partial charge on any atom is -0.310 e. The van der Waals surface area contributed by atoms with Crippen LogP contribution in [0.3, 0.4) is 0 Å². The lowest BCUT2D eigenvalue weighted by atomic mass is 10.0. The molecule has 1 heterocycles. The summed E-state index contributed by atoms with van der Waals surface area (Å²) >= 11 is 0. The van der Waals surface area contributed by atoms with Crippen molar-refractivity contribution in [3.05, 3.63) is 29.6 Å². The van der Waals surface area contributed by atoms with E-state index in [0.29, 0.717) is 5.75 Å². The van der Waals surface area contributed by atoms with Gasteiger partial charge in [0, 0.05) is 16.7 Å². The van der Waals surface area contributed by atoms with E-state index in [9.17, 15) is 8.60 Å². The van der Waals surface area contributed by atoms with Gasteiger partial charge in [0.15, 0.2) is 0 Å². The highest BCUT2D eigenvalue weighted by Crippen LogP contribution is 2.30. The van der Waals surface area contributed by atoms with Gasteiger partial charge in [0.25, 0.3) is 0 Å². The van der Waals surface area contributed by atoms with E-state index in [-0.39, 0.29) is 11.9 Å². The van der Waals surface area contributed by atoms with Crippen molar-refractivity contribution in [2.75, 3.05) is 12.3 Å². The largest absolute Gasteiger partial charge is 0.310 e. The van der Waals surface area contributed by atoms with Crippen LogP contribution in [0.2, 0.25) is 0 Å². The molecule has 0 spiro atoms. The fourth-order valence-corrected chi connectivity index (χ4v) is 3.37. The van der Waals surface area contributed by atoms with Gasteiger partial charge < -0.3 is 5.32 Å². The highest BCUT2D eigenvalue weighted by atomic mass is 32.2. The molecule has 2 atom stereocenters. The van der Waals surface area contributed by atoms with Gasteiger partial charge in [-0.15, -0.1) is 0 Å². The number of halogens is 1. The van der Waals surface area contributed by atoms with Crippen molar-refractivity contribution in [3.8, 4) is 0 Å². The molecule has 1 aromatic rings. The smallest absolute Gasteiger partial charge is 0.123 e. The maximum atomic E-state index is 13.2.